The molecule has 0 saturated carbocycles. The minimum Gasteiger partial charge on any atom is -0.489 e. The highest BCUT2D eigenvalue weighted by Gasteiger charge is 2.14. The molecule has 0 bridgehead atoms. The first-order valence-corrected chi connectivity index (χ1v) is 11.0. The zero-order chi connectivity index (χ0) is 22.5. The van der Waals surface area contributed by atoms with Gasteiger partial charge in [0.05, 0.1) is 12.1 Å². The molecule has 0 fully saturated rings. The Bertz CT molecular complexity index is 1130. The number of rotatable bonds is 8. The highest BCUT2D eigenvalue weighted by molar-refractivity contribution is 7.13. The van der Waals surface area contributed by atoms with Crippen LogP contribution in [0.15, 0.2) is 47.8 Å². The molecular formula is C23H23N3O5S. The van der Waals surface area contributed by atoms with Crippen molar-refractivity contribution in [2.75, 3.05) is 17.4 Å². The Kier molecular flexibility index (Phi) is 6.55. The van der Waals surface area contributed by atoms with E-state index in [4.69, 9.17) is 14.2 Å². The number of anilines is 2. The van der Waals surface area contributed by atoms with Gasteiger partial charge < -0.3 is 24.8 Å². The fraction of sp³-hybridized carbons (Fsp3) is 0.261. The number of hydrogen-bond donors (Lipinski definition) is 2. The Labute approximate surface area is 189 Å². The Balaban J connectivity index is 1.30. The summed E-state index contributed by atoms with van der Waals surface area (Å²) in [6.45, 7) is 4.18. The summed E-state index contributed by atoms with van der Waals surface area (Å²) >= 11 is 1.30. The lowest BCUT2D eigenvalue weighted by Crippen LogP contribution is -2.18. The van der Waals surface area contributed by atoms with E-state index in [1.807, 2.05) is 50.2 Å². The van der Waals surface area contributed by atoms with Gasteiger partial charge in [0.2, 0.25) is 18.6 Å². The average Bonchev–Trinajstić information content (AvgIpc) is 3.41. The SMILES string of the molecule is CC(C)C(=O)Nc1nc(CC(=O)Nc2cccc(COc3ccc4c(c3)OCO4)c2)cs1. The van der Waals surface area contributed by atoms with Crippen molar-refractivity contribution < 1.29 is 23.8 Å². The minimum atomic E-state index is -0.189. The first-order chi connectivity index (χ1) is 15.5. The molecule has 2 N–H and O–H groups in total. The van der Waals surface area contributed by atoms with Crippen LogP contribution in [0.4, 0.5) is 10.8 Å². The van der Waals surface area contributed by atoms with Gasteiger partial charge in [0.25, 0.3) is 0 Å². The third kappa shape index (κ3) is 5.55. The fourth-order valence-electron chi connectivity index (χ4n) is 2.94. The maximum atomic E-state index is 12.4. The molecule has 0 unspecified atom stereocenters. The van der Waals surface area contributed by atoms with Crippen LogP contribution < -0.4 is 24.8 Å². The molecule has 0 radical (unpaired) electrons. The van der Waals surface area contributed by atoms with Crippen LogP contribution in [0.25, 0.3) is 0 Å². The third-order valence-corrected chi connectivity index (χ3v) is 5.41. The molecule has 4 rings (SSSR count). The maximum absolute atomic E-state index is 12.4. The molecule has 166 valence electrons. The number of benzene rings is 2. The quantitative estimate of drug-likeness (QED) is 0.530. The van der Waals surface area contributed by atoms with Crippen LogP contribution >= 0.6 is 11.3 Å². The van der Waals surface area contributed by atoms with Crippen LogP contribution in [0.3, 0.4) is 0 Å². The van der Waals surface area contributed by atoms with Gasteiger partial charge >= 0.3 is 0 Å². The molecule has 2 heterocycles. The highest BCUT2D eigenvalue weighted by Crippen LogP contribution is 2.35. The van der Waals surface area contributed by atoms with Gasteiger partial charge in [-0.3, -0.25) is 9.59 Å². The second kappa shape index (κ2) is 9.69. The number of nitrogens with one attached hydrogen (secondary N) is 2. The number of amides is 2. The average molecular weight is 454 g/mol. The molecule has 0 spiro atoms. The van der Waals surface area contributed by atoms with Gasteiger partial charge in [0, 0.05) is 23.1 Å². The van der Waals surface area contributed by atoms with E-state index in [-0.39, 0.29) is 30.9 Å². The summed E-state index contributed by atoms with van der Waals surface area (Å²) in [5.74, 6) is 1.62. The summed E-state index contributed by atoms with van der Waals surface area (Å²) in [5.41, 5.74) is 2.19. The van der Waals surface area contributed by atoms with E-state index in [0.717, 1.165) is 5.56 Å². The maximum Gasteiger partial charge on any atom is 0.231 e. The van der Waals surface area contributed by atoms with Crippen molar-refractivity contribution in [2.24, 2.45) is 5.92 Å². The Morgan fingerprint density at radius 1 is 1.12 bits per heavy atom. The van der Waals surface area contributed by atoms with E-state index in [2.05, 4.69) is 15.6 Å². The van der Waals surface area contributed by atoms with E-state index in [0.29, 0.717) is 40.4 Å². The molecule has 9 heteroatoms. The van der Waals surface area contributed by atoms with Crippen molar-refractivity contribution in [1.29, 1.82) is 0 Å². The molecule has 8 nitrogen and oxygen atoms in total. The van der Waals surface area contributed by atoms with E-state index >= 15 is 0 Å². The number of thiazole rings is 1. The number of nitrogens with zero attached hydrogens (tertiary/aromatic N) is 1. The van der Waals surface area contributed by atoms with Crippen LogP contribution in [0.1, 0.15) is 25.1 Å². The summed E-state index contributed by atoms with van der Waals surface area (Å²) in [7, 11) is 0. The second-order valence-corrected chi connectivity index (χ2v) is 8.38. The zero-order valence-corrected chi connectivity index (χ0v) is 18.5. The molecule has 0 atom stereocenters. The number of aromatic nitrogens is 1. The third-order valence-electron chi connectivity index (χ3n) is 4.61. The zero-order valence-electron chi connectivity index (χ0n) is 17.7. The Morgan fingerprint density at radius 2 is 1.97 bits per heavy atom. The van der Waals surface area contributed by atoms with E-state index < -0.39 is 0 Å². The van der Waals surface area contributed by atoms with Crippen LogP contribution in [0.2, 0.25) is 0 Å². The lowest BCUT2D eigenvalue weighted by molar-refractivity contribution is -0.119. The normalized spacial score (nSPS) is 12.0. The van der Waals surface area contributed by atoms with Crippen LogP contribution in [-0.4, -0.2) is 23.6 Å². The topological polar surface area (TPSA) is 98.8 Å². The molecule has 32 heavy (non-hydrogen) atoms. The molecule has 0 saturated heterocycles. The molecule has 1 aliphatic heterocycles. The summed E-state index contributed by atoms with van der Waals surface area (Å²) in [6, 6.07) is 12.9. The molecule has 1 aromatic heterocycles. The van der Waals surface area contributed by atoms with E-state index in [9.17, 15) is 9.59 Å². The molecule has 2 aromatic carbocycles. The predicted molar refractivity (Wildman–Crippen MR) is 121 cm³/mol. The van der Waals surface area contributed by atoms with E-state index in [1.54, 1.807) is 11.4 Å². The molecule has 1 aliphatic rings. The van der Waals surface area contributed by atoms with Crippen molar-refractivity contribution in [3.05, 3.63) is 59.1 Å². The number of carbonyl (C=O) groups excluding carboxylic acids is 2. The van der Waals surface area contributed by atoms with E-state index in [1.165, 1.54) is 11.3 Å². The molecule has 2 amide bonds. The monoisotopic (exact) mass is 453 g/mol. The molecule has 3 aromatic rings. The van der Waals surface area contributed by atoms with Crippen molar-refractivity contribution in [3.63, 3.8) is 0 Å². The van der Waals surface area contributed by atoms with Crippen molar-refractivity contribution in [3.8, 4) is 17.2 Å². The smallest absolute Gasteiger partial charge is 0.231 e. The lowest BCUT2D eigenvalue weighted by atomic mass is 10.2. The standard InChI is InChI=1S/C23H23N3O5S/c1-14(2)22(28)26-23-25-17(12-32-23)9-21(27)24-16-5-3-4-15(8-16)11-29-18-6-7-19-20(10-18)31-13-30-19/h3-8,10,12,14H,9,11,13H2,1-2H3,(H,24,27)(H,25,26,28). The largest absolute Gasteiger partial charge is 0.489 e. The molecule has 0 aliphatic carbocycles. The van der Waals surface area contributed by atoms with Crippen molar-refractivity contribution in [1.82, 2.24) is 4.98 Å². The van der Waals surface area contributed by atoms with Gasteiger partial charge in [0.15, 0.2) is 16.6 Å². The first kappa shape index (κ1) is 21.6. The van der Waals surface area contributed by atoms with Crippen molar-refractivity contribution in [2.45, 2.75) is 26.9 Å². The Morgan fingerprint density at radius 3 is 2.81 bits per heavy atom. The van der Waals surface area contributed by atoms with Gasteiger partial charge in [-0.15, -0.1) is 11.3 Å². The summed E-state index contributed by atoms with van der Waals surface area (Å²) in [4.78, 5) is 28.5. The van der Waals surface area contributed by atoms with Gasteiger partial charge in [-0.1, -0.05) is 26.0 Å². The Hall–Kier alpha value is -3.59. The van der Waals surface area contributed by atoms with Crippen LogP contribution in [0, 0.1) is 5.92 Å². The van der Waals surface area contributed by atoms with Gasteiger partial charge in [-0.2, -0.15) is 0 Å². The summed E-state index contributed by atoms with van der Waals surface area (Å²) < 4.78 is 16.5. The predicted octanol–water partition coefficient (Wildman–Crippen LogP) is 4.23. The number of fused-ring (bicyclic) bond motifs is 1. The highest BCUT2D eigenvalue weighted by atomic mass is 32.1. The number of hydrogen-bond acceptors (Lipinski definition) is 7. The second-order valence-electron chi connectivity index (χ2n) is 7.52. The van der Waals surface area contributed by atoms with Gasteiger partial charge in [-0.05, 0) is 29.8 Å². The first-order valence-electron chi connectivity index (χ1n) is 10.1. The number of ether oxygens (including phenoxy) is 3. The van der Waals surface area contributed by atoms with Gasteiger partial charge in [-0.25, -0.2) is 4.98 Å². The summed E-state index contributed by atoms with van der Waals surface area (Å²) in [5, 5.41) is 7.88. The van der Waals surface area contributed by atoms with Crippen LogP contribution in [0.5, 0.6) is 17.2 Å². The lowest BCUT2D eigenvalue weighted by Gasteiger charge is -2.09. The van der Waals surface area contributed by atoms with Crippen LogP contribution in [-0.2, 0) is 22.6 Å². The van der Waals surface area contributed by atoms with Crippen molar-refractivity contribution >= 4 is 34.0 Å². The fourth-order valence-corrected chi connectivity index (χ4v) is 3.65. The minimum absolute atomic E-state index is 0.102. The summed E-state index contributed by atoms with van der Waals surface area (Å²) in [6.07, 6.45) is 0.117. The van der Waals surface area contributed by atoms with Gasteiger partial charge in [0.1, 0.15) is 12.4 Å². The number of carbonyl (C=O) groups is 2. The molecular weight excluding hydrogens is 430 g/mol.